The Morgan fingerprint density at radius 2 is 1.90 bits per heavy atom. The maximum Gasteiger partial charge on any atom is 0.459 e. The van der Waals surface area contributed by atoms with Crippen LogP contribution in [0, 0.1) is 0 Å². The van der Waals surface area contributed by atoms with Gasteiger partial charge in [-0.25, -0.2) is 13.9 Å². The van der Waals surface area contributed by atoms with Crippen LogP contribution in [0.1, 0.15) is 18.7 Å². The molecule has 4 N–H and O–H groups in total. The second-order valence-corrected chi connectivity index (χ2v) is 11.4. The minimum absolute atomic E-state index is 0.00247. The molecule has 1 aliphatic rings. The Morgan fingerprint density at radius 3 is 2.62 bits per heavy atom. The number of carbonyl (C=O) groups is 1. The van der Waals surface area contributed by atoms with Crippen LogP contribution in [0.2, 0.25) is 5.28 Å². The van der Waals surface area contributed by atoms with Gasteiger partial charge in [-0.3, -0.25) is 13.9 Å². The molecule has 6 atom stereocenters. The van der Waals surface area contributed by atoms with E-state index in [-0.39, 0.29) is 34.6 Å². The summed E-state index contributed by atoms with van der Waals surface area (Å²) in [6.07, 6.45) is -5.11. The van der Waals surface area contributed by atoms with E-state index in [9.17, 15) is 14.5 Å². The van der Waals surface area contributed by atoms with Crippen LogP contribution in [-0.2, 0) is 30.0 Å². The summed E-state index contributed by atoms with van der Waals surface area (Å²) in [6.45, 7) is 0.850. The third kappa shape index (κ3) is 6.70. The zero-order valence-corrected chi connectivity index (χ0v) is 23.8. The SMILES string of the molecule is C[C@@H](NP(=O)(OCC1OC(n2cnc3c(N)nc(Cl)nc32)C(F)C1O)Oc1ccccc1)C(=O)OCc1ccccc1. The number of hydrogen-bond donors (Lipinski definition) is 3. The highest BCUT2D eigenvalue weighted by atomic mass is 35.5. The quantitative estimate of drug-likeness (QED) is 0.127. The van der Waals surface area contributed by atoms with E-state index in [2.05, 4.69) is 20.0 Å². The van der Waals surface area contributed by atoms with Crippen LogP contribution in [0.5, 0.6) is 5.75 Å². The van der Waals surface area contributed by atoms with E-state index in [0.717, 1.165) is 5.56 Å². The van der Waals surface area contributed by atoms with Crippen LogP contribution in [0.4, 0.5) is 10.2 Å². The summed E-state index contributed by atoms with van der Waals surface area (Å²) in [4.78, 5) is 24.6. The zero-order valence-electron chi connectivity index (χ0n) is 22.1. The molecule has 5 rings (SSSR count). The van der Waals surface area contributed by atoms with Crippen LogP contribution >= 0.6 is 19.3 Å². The maximum absolute atomic E-state index is 15.3. The van der Waals surface area contributed by atoms with Gasteiger partial charge in [0.25, 0.3) is 0 Å². The van der Waals surface area contributed by atoms with Gasteiger partial charge in [-0.05, 0) is 36.2 Å². The first-order valence-electron chi connectivity index (χ1n) is 12.7. The lowest BCUT2D eigenvalue weighted by Gasteiger charge is -2.24. The van der Waals surface area contributed by atoms with Gasteiger partial charge in [0.15, 0.2) is 23.9 Å². The number of aliphatic hydroxyl groups excluding tert-OH is 1. The van der Waals surface area contributed by atoms with E-state index in [4.69, 9.17) is 35.9 Å². The van der Waals surface area contributed by atoms with Crippen molar-refractivity contribution in [1.82, 2.24) is 24.6 Å². The molecule has 2 aromatic carbocycles. The molecule has 16 heteroatoms. The highest BCUT2D eigenvalue weighted by molar-refractivity contribution is 7.52. The molecule has 5 unspecified atom stereocenters. The van der Waals surface area contributed by atoms with Crippen molar-refractivity contribution in [1.29, 1.82) is 0 Å². The molecule has 0 amide bonds. The third-order valence-corrected chi connectivity index (χ3v) is 8.11. The average molecular weight is 621 g/mol. The summed E-state index contributed by atoms with van der Waals surface area (Å²) < 4.78 is 52.6. The third-order valence-electron chi connectivity index (χ3n) is 6.30. The number of anilines is 1. The predicted molar refractivity (Wildman–Crippen MR) is 149 cm³/mol. The van der Waals surface area contributed by atoms with Crippen LogP contribution in [-0.4, -0.2) is 61.6 Å². The summed E-state index contributed by atoms with van der Waals surface area (Å²) in [6, 6.07) is 16.0. The van der Waals surface area contributed by atoms with Gasteiger partial charge in [0, 0.05) is 0 Å². The number of nitrogen functional groups attached to an aromatic ring is 1. The highest BCUT2D eigenvalue weighted by Gasteiger charge is 2.47. The van der Waals surface area contributed by atoms with E-state index in [1.54, 1.807) is 42.5 Å². The molecule has 0 spiro atoms. The van der Waals surface area contributed by atoms with Crippen molar-refractivity contribution in [2.24, 2.45) is 0 Å². The Kier molecular flexibility index (Phi) is 9.02. The largest absolute Gasteiger partial charge is 0.460 e. The monoisotopic (exact) mass is 620 g/mol. The van der Waals surface area contributed by atoms with Gasteiger partial charge in [-0.1, -0.05) is 48.5 Å². The fourth-order valence-electron chi connectivity index (χ4n) is 4.19. The number of esters is 1. The fourth-order valence-corrected chi connectivity index (χ4v) is 5.86. The van der Waals surface area contributed by atoms with Crippen molar-refractivity contribution in [2.45, 2.75) is 44.2 Å². The average Bonchev–Trinajstić information content (AvgIpc) is 3.52. The molecule has 0 saturated carbocycles. The van der Waals surface area contributed by atoms with Gasteiger partial charge < -0.3 is 24.8 Å². The van der Waals surface area contributed by atoms with Crippen LogP contribution < -0.4 is 15.3 Å². The predicted octanol–water partition coefficient (Wildman–Crippen LogP) is 3.58. The first-order valence-corrected chi connectivity index (χ1v) is 14.7. The number of nitrogens with two attached hydrogens (primary N) is 1. The topological polar surface area (TPSA) is 173 Å². The molecule has 0 radical (unpaired) electrons. The van der Waals surface area contributed by atoms with Crippen molar-refractivity contribution < 1.29 is 37.4 Å². The van der Waals surface area contributed by atoms with Crippen molar-refractivity contribution in [3.8, 4) is 5.75 Å². The lowest BCUT2D eigenvalue weighted by atomic mass is 10.1. The number of carbonyl (C=O) groups excluding carboxylic acids is 1. The molecule has 13 nitrogen and oxygen atoms in total. The molecule has 1 aliphatic heterocycles. The molecular weight excluding hydrogens is 594 g/mol. The maximum atomic E-state index is 15.3. The molecule has 0 aliphatic carbocycles. The standard InChI is InChI=1S/C26H27ClFN6O7P/c1-15(25(36)38-12-16-8-4-2-5-9-16)33-42(37,41-17-10-6-3-7-11-17)39-13-18-21(35)19(28)24(40-18)34-14-30-20-22(29)31-26(27)32-23(20)34/h2-11,14-15,18-19,21,24,35H,12-13H2,1H3,(H,33,37)(H2,29,31,32)/t15-,18?,19?,21?,24?,42?/m1/s1. The number of hydrogen-bond acceptors (Lipinski definition) is 11. The summed E-state index contributed by atoms with van der Waals surface area (Å²) in [5.41, 5.74) is 6.86. The summed E-state index contributed by atoms with van der Waals surface area (Å²) in [5, 5.41) is 13.0. The normalized spacial score (nSPS) is 22.5. The van der Waals surface area contributed by atoms with Gasteiger partial charge >= 0.3 is 13.7 Å². The van der Waals surface area contributed by atoms with Crippen LogP contribution in [0.3, 0.4) is 0 Å². The number of aliphatic hydroxyl groups is 1. The van der Waals surface area contributed by atoms with Gasteiger partial charge in [0.05, 0.1) is 12.9 Å². The number of benzene rings is 2. The molecule has 1 fully saturated rings. The molecule has 1 saturated heterocycles. The number of nitrogens with one attached hydrogen (secondary N) is 1. The lowest BCUT2D eigenvalue weighted by molar-refractivity contribution is -0.146. The Morgan fingerprint density at radius 1 is 1.21 bits per heavy atom. The van der Waals surface area contributed by atoms with E-state index in [0.29, 0.717) is 0 Å². The minimum Gasteiger partial charge on any atom is -0.460 e. The lowest BCUT2D eigenvalue weighted by Crippen LogP contribution is -2.37. The molecular formula is C26H27ClFN6O7P. The van der Waals surface area contributed by atoms with Gasteiger partial charge in [-0.15, -0.1) is 0 Å². The number of fused-ring (bicyclic) bond motifs is 1. The number of rotatable bonds is 11. The van der Waals surface area contributed by atoms with Crippen LogP contribution in [0.15, 0.2) is 67.0 Å². The number of alkyl halides is 1. The highest BCUT2D eigenvalue weighted by Crippen LogP contribution is 2.46. The van der Waals surface area contributed by atoms with Gasteiger partial charge in [0.1, 0.15) is 36.1 Å². The smallest absolute Gasteiger partial charge is 0.459 e. The van der Waals surface area contributed by atoms with Crippen molar-refractivity contribution in [2.75, 3.05) is 12.3 Å². The second kappa shape index (κ2) is 12.7. The summed E-state index contributed by atoms with van der Waals surface area (Å²) >= 11 is 5.90. The first kappa shape index (κ1) is 29.8. The van der Waals surface area contributed by atoms with E-state index >= 15 is 4.39 Å². The Labute approximate surface area is 244 Å². The van der Waals surface area contributed by atoms with Crippen molar-refractivity contribution in [3.63, 3.8) is 0 Å². The number of halogens is 2. The summed E-state index contributed by atoms with van der Waals surface area (Å²) in [7, 11) is -4.32. The first-order chi connectivity index (χ1) is 20.1. The minimum atomic E-state index is -4.32. The van der Waals surface area contributed by atoms with Gasteiger partial charge in [0.2, 0.25) is 5.28 Å². The number of aromatic nitrogens is 4. The van der Waals surface area contributed by atoms with Crippen molar-refractivity contribution in [3.05, 3.63) is 77.8 Å². The number of ether oxygens (including phenoxy) is 2. The van der Waals surface area contributed by atoms with Crippen molar-refractivity contribution >= 4 is 42.3 Å². The van der Waals surface area contributed by atoms with E-state index in [1.165, 1.54) is 30.0 Å². The zero-order chi connectivity index (χ0) is 29.9. The Balaban J connectivity index is 1.29. The van der Waals surface area contributed by atoms with Gasteiger partial charge in [-0.2, -0.15) is 15.1 Å². The second-order valence-electron chi connectivity index (χ2n) is 9.34. The molecule has 42 heavy (non-hydrogen) atoms. The molecule has 3 heterocycles. The van der Waals surface area contributed by atoms with Crippen LogP contribution in [0.25, 0.3) is 11.2 Å². The molecule has 4 aromatic rings. The number of imidazole rings is 1. The van der Waals surface area contributed by atoms with E-state index < -0.39 is 51.0 Å². The van der Waals surface area contributed by atoms with E-state index in [1.807, 2.05) is 6.07 Å². The number of nitrogens with zero attached hydrogens (tertiary/aromatic N) is 4. The Hall–Kier alpha value is -3.65. The number of para-hydroxylation sites is 1. The molecule has 2 aromatic heterocycles. The summed E-state index contributed by atoms with van der Waals surface area (Å²) in [5.74, 6) is -0.558. The molecule has 222 valence electrons. The molecule has 0 bridgehead atoms. The Bertz CT molecular complexity index is 1580. The fraction of sp³-hybridized carbons (Fsp3) is 0.308.